The number of rotatable bonds is 6. The first kappa shape index (κ1) is 22.9. The van der Waals surface area contributed by atoms with Crippen molar-refractivity contribution in [2.75, 3.05) is 0 Å². The van der Waals surface area contributed by atoms with Gasteiger partial charge in [-0.05, 0) is 18.6 Å². The van der Waals surface area contributed by atoms with Gasteiger partial charge in [-0.25, -0.2) is 0 Å². The molecule has 170 valence electrons. The van der Waals surface area contributed by atoms with E-state index in [-0.39, 0.29) is 11.9 Å². The van der Waals surface area contributed by atoms with Gasteiger partial charge < -0.3 is 9.67 Å². The predicted molar refractivity (Wildman–Crippen MR) is 115 cm³/mol. The third kappa shape index (κ3) is 4.46. The Bertz CT molecular complexity index is 1330. The molecule has 2 amide bonds. The van der Waals surface area contributed by atoms with Crippen LogP contribution in [0.4, 0.5) is 11.4 Å². The van der Waals surface area contributed by atoms with E-state index in [0.29, 0.717) is 18.0 Å². The number of amides is 2. The summed E-state index contributed by atoms with van der Waals surface area (Å²) in [5, 5.41) is 32.8. The summed E-state index contributed by atoms with van der Waals surface area (Å²) in [6, 6.07) is 8.68. The van der Waals surface area contributed by atoms with Gasteiger partial charge in [-0.1, -0.05) is 19.1 Å². The molecule has 3 N–H and O–H groups in total. The third-order valence-electron chi connectivity index (χ3n) is 4.70. The number of nitro groups is 2. The van der Waals surface area contributed by atoms with E-state index in [4.69, 9.17) is 0 Å². The maximum atomic E-state index is 12.9. The van der Waals surface area contributed by atoms with E-state index in [1.165, 1.54) is 10.6 Å². The van der Waals surface area contributed by atoms with Crippen molar-refractivity contribution in [1.29, 1.82) is 0 Å². The first-order valence-electron chi connectivity index (χ1n) is 9.54. The maximum absolute atomic E-state index is 12.9. The molecule has 0 bridgehead atoms. The number of carbonyl (C=O) groups excluding carboxylic acids is 2. The topological polar surface area (TPSA) is 187 Å². The second kappa shape index (κ2) is 9.13. The van der Waals surface area contributed by atoms with Crippen LogP contribution in [0.25, 0.3) is 10.9 Å². The zero-order chi connectivity index (χ0) is 24.3. The Morgan fingerprint density at radius 1 is 1.00 bits per heavy atom. The van der Waals surface area contributed by atoms with Crippen molar-refractivity contribution in [3.05, 3.63) is 84.2 Å². The summed E-state index contributed by atoms with van der Waals surface area (Å²) in [4.78, 5) is 58.0. The van der Waals surface area contributed by atoms with Crippen LogP contribution in [0.2, 0.25) is 0 Å². The Morgan fingerprint density at radius 2 is 1.58 bits per heavy atom. The zero-order valence-electron chi connectivity index (χ0n) is 17.1. The molecule has 0 saturated heterocycles. The minimum atomic E-state index is -1.14. The fraction of sp³-hybridized carbons (Fsp3) is 0.150. The molecule has 0 saturated carbocycles. The summed E-state index contributed by atoms with van der Waals surface area (Å²) in [5.74, 6) is -2.83. The first-order chi connectivity index (χ1) is 15.6. The number of para-hydroxylation sites is 1. The van der Waals surface area contributed by atoms with Crippen LogP contribution in [0.5, 0.6) is 5.75 Å². The van der Waals surface area contributed by atoms with Crippen molar-refractivity contribution in [2.45, 2.75) is 19.9 Å². The SMILES string of the molecule is CCCn1c(=O)c(C(=O)NNC(=O)c2cc([N+](=O)[O-])cc([N+](=O)[O-])c2)c(O)c2ccccc21. The molecule has 0 aliphatic rings. The van der Waals surface area contributed by atoms with E-state index in [2.05, 4.69) is 0 Å². The minimum Gasteiger partial charge on any atom is -0.506 e. The van der Waals surface area contributed by atoms with Gasteiger partial charge in [-0.15, -0.1) is 0 Å². The van der Waals surface area contributed by atoms with Gasteiger partial charge in [0.05, 0.1) is 27.0 Å². The number of non-ortho nitro benzene ring substituents is 2. The van der Waals surface area contributed by atoms with Gasteiger partial charge in [-0.3, -0.25) is 45.5 Å². The number of hydrogen-bond donors (Lipinski definition) is 3. The second-order valence-electron chi connectivity index (χ2n) is 6.86. The van der Waals surface area contributed by atoms with Gasteiger partial charge in [0.2, 0.25) is 0 Å². The quantitative estimate of drug-likeness (QED) is 0.372. The number of aryl methyl sites for hydroxylation is 1. The largest absolute Gasteiger partial charge is 0.506 e. The zero-order valence-corrected chi connectivity index (χ0v) is 17.1. The molecule has 1 aromatic heterocycles. The van der Waals surface area contributed by atoms with Crippen molar-refractivity contribution >= 4 is 34.1 Å². The maximum Gasteiger partial charge on any atom is 0.279 e. The molecule has 0 spiro atoms. The molecule has 3 rings (SSSR count). The highest BCUT2D eigenvalue weighted by Crippen LogP contribution is 2.26. The summed E-state index contributed by atoms with van der Waals surface area (Å²) >= 11 is 0. The summed E-state index contributed by atoms with van der Waals surface area (Å²) < 4.78 is 1.32. The van der Waals surface area contributed by atoms with Crippen LogP contribution in [0, 0.1) is 20.2 Å². The number of carbonyl (C=O) groups is 2. The number of nitrogens with zero attached hydrogens (tertiary/aromatic N) is 3. The lowest BCUT2D eigenvalue weighted by Crippen LogP contribution is -2.44. The molecule has 33 heavy (non-hydrogen) atoms. The molecule has 13 heteroatoms. The number of nitro benzene ring substituents is 2. The standard InChI is InChI=1S/C20H17N5O8/c1-2-7-23-15-6-4-3-5-14(15)17(26)16(20(23)29)19(28)22-21-18(27)11-8-12(24(30)31)10-13(9-11)25(32)33/h3-6,8-10,26H,2,7H2,1H3,(H,21,27)(H,22,28). The van der Waals surface area contributed by atoms with Crippen LogP contribution < -0.4 is 16.4 Å². The Morgan fingerprint density at radius 3 is 2.15 bits per heavy atom. The van der Waals surface area contributed by atoms with Gasteiger partial charge in [0.15, 0.2) is 0 Å². The monoisotopic (exact) mass is 455 g/mol. The van der Waals surface area contributed by atoms with Crippen LogP contribution in [-0.4, -0.2) is 31.3 Å². The number of nitrogens with one attached hydrogen (secondary N) is 2. The molecule has 3 aromatic rings. The lowest BCUT2D eigenvalue weighted by Gasteiger charge is -2.14. The Hall–Kier alpha value is -4.81. The fourth-order valence-electron chi connectivity index (χ4n) is 3.23. The Balaban J connectivity index is 1.93. The molecular formula is C20H17N5O8. The normalized spacial score (nSPS) is 10.6. The fourth-order valence-corrected chi connectivity index (χ4v) is 3.23. The van der Waals surface area contributed by atoms with E-state index in [9.17, 15) is 39.7 Å². The van der Waals surface area contributed by atoms with Crippen molar-refractivity contribution in [1.82, 2.24) is 15.4 Å². The van der Waals surface area contributed by atoms with Crippen LogP contribution in [0.15, 0.2) is 47.3 Å². The van der Waals surface area contributed by atoms with Crippen molar-refractivity contribution in [3.8, 4) is 5.75 Å². The van der Waals surface area contributed by atoms with Gasteiger partial charge in [0.1, 0.15) is 11.3 Å². The molecule has 0 fully saturated rings. The minimum absolute atomic E-state index is 0.247. The van der Waals surface area contributed by atoms with Crippen LogP contribution >= 0.6 is 0 Å². The van der Waals surface area contributed by atoms with Crippen LogP contribution in [0.1, 0.15) is 34.1 Å². The van der Waals surface area contributed by atoms with Crippen molar-refractivity contribution in [2.24, 2.45) is 0 Å². The number of fused-ring (bicyclic) bond motifs is 1. The smallest absolute Gasteiger partial charge is 0.279 e. The molecule has 0 unspecified atom stereocenters. The van der Waals surface area contributed by atoms with Crippen LogP contribution in [-0.2, 0) is 6.54 Å². The highest BCUT2D eigenvalue weighted by molar-refractivity contribution is 6.04. The molecule has 1 heterocycles. The molecule has 13 nitrogen and oxygen atoms in total. The van der Waals surface area contributed by atoms with E-state index < -0.39 is 55.5 Å². The lowest BCUT2D eigenvalue weighted by molar-refractivity contribution is -0.394. The van der Waals surface area contributed by atoms with Gasteiger partial charge in [0, 0.05) is 24.1 Å². The Kier molecular flexibility index (Phi) is 6.33. The second-order valence-corrected chi connectivity index (χ2v) is 6.86. The number of hydrogen-bond acceptors (Lipinski definition) is 8. The summed E-state index contributed by atoms with van der Waals surface area (Å²) in [6.45, 7) is 2.09. The average molecular weight is 455 g/mol. The lowest BCUT2D eigenvalue weighted by atomic mass is 10.1. The van der Waals surface area contributed by atoms with E-state index in [1.807, 2.05) is 17.8 Å². The van der Waals surface area contributed by atoms with E-state index in [0.717, 1.165) is 12.1 Å². The first-order valence-corrected chi connectivity index (χ1v) is 9.54. The number of aromatic hydroxyl groups is 1. The summed E-state index contributed by atoms with van der Waals surface area (Å²) in [5.41, 5.74) is 1.05. The highest BCUT2D eigenvalue weighted by Gasteiger charge is 2.24. The Labute approximate surface area is 184 Å². The summed E-state index contributed by atoms with van der Waals surface area (Å²) in [7, 11) is 0. The molecule has 0 radical (unpaired) electrons. The van der Waals surface area contributed by atoms with Gasteiger partial charge >= 0.3 is 0 Å². The van der Waals surface area contributed by atoms with E-state index in [1.54, 1.807) is 18.2 Å². The third-order valence-corrected chi connectivity index (χ3v) is 4.70. The number of benzene rings is 2. The molecule has 2 aromatic carbocycles. The molecule has 0 aliphatic carbocycles. The number of pyridine rings is 1. The van der Waals surface area contributed by atoms with E-state index >= 15 is 0 Å². The summed E-state index contributed by atoms with van der Waals surface area (Å²) in [6.07, 6.45) is 0.567. The predicted octanol–water partition coefficient (Wildman–Crippen LogP) is 2.01. The van der Waals surface area contributed by atoms with Gasteiger partial charge in [0.25, 0.3) is 28.7 Å². The van der Waals surface area contributed by atoms with Crippen LogP contribution in [0.3, 0.4) is 0 Å². The van der Waals surface area contributed by atoms with Crippen molar-refractivity contribution < 1.29 is 24.5 Å². The molecule has 0 atom stereocenters. The van der Waals surface area contributed by atoms with Crippen molar-refractivity contribution in [3.63, 3.8) is 0 Å². The van der Waals surface area contributed by atoms with Gasteiger partial charge in [-0.2, -0.15) is 0 Å². The molecular weight excluding hydrogens is 438 g/mol. The average Bonchev–Trinajstić information content (AvgIpc) is 2.79. The highest BCUT2D eigenvalue weighted by atomic mass is 16.6. The number of aromatic nitrogens is 1. The molecule has 0 aliphatic heterocycles. The number of hydrazine groups is 1.